The Morgan fingerprint density at radius 3 is 2.94 bits per heavy atom. The SMILES string of the molecule is CCn1cncc1-c1ncc(CNC(C)C)s1. The molecular weight excluding hydrogens is 232 g/mol. The lowest BCUT2D eigenvalue weighted by Gasteiger charge is -2.04. The molecule has 0 atom stereocenters. The van der Waals surface area contributed by atoms with E-state index in [0.29, 0.717) is 6.04 Å². The van der Waals surface area contributed by atoms with Crippen molar-refractivity contribution in [2.24, 2.45) is 0 Å². The van der Waals surface area contributed by atoms with E-state index in [4.69, 9.17) is 0 Å². The van der Waals surface area contributed by atoms with Crippen LogP contribution >= 0.6 is 11.3 Å². The minimum atomic E-state index is 0.502. The van der Waals surface area contributed by atoms with Crippen LogP contribution in [0, 0.1) is 0 Å². The zero-order chi connectivity index (χ0) is 12.3. The summed E-state index contributed by atoms with van der Waals surface area (Å²) in [6.45, 7) is 8.21. The molecule has 2 aromatic rings. The predicted octanol–water partition coefficient (Wildman–Crippen LogP) is 2.52. The molecule has 0 saturated heterocycles. The van der Waals surface area contributed by atoms with Crippen molar-refractivity contribution < 1.29 is 0 Å². The summed E-state index contributed by atoms with van der Waals surface area (Å²) in [6.07, 6.45) is 5.67. The van der Waals surface area contributed by atoms with Crippen molar-refractivity contribution in [1.82, 2.24) is 19.9 Å². The van der Waals surface area contributed by atoms with Crippen molar-refractivity contribution >= 4 is 11.3 Å². The maximum absolute atomic E-state index is 4.46. The van der Waals surface area contributed by atoms with Crippen molar-refractivity contribution in [3.63, 3.8) is 0 Å². The highest BCUT2D eigenvalue weighted by atomic mass is 32.1. The van der Waals surface area contributed by atoms with Crippen LogP contribution in [0.3, 0.4) is 0 Å². The molecule has 0 saturated carbocycles. The summed E-state index contributed by atoms with van der Waals surface area (Å²) >= 11 is 1.73. The molecule has 0 spiro atoms. The molecule has 0 radical (unpaired) electrons. The van der Waals surface area contributed by atoms with Crippen molar-refractivity contribution in [3.8, 4) is 10.7 Å². The monoisotopic (exact) mass is 250 g/mol. The number of thiazole rings is 1. The average molecular weight is 250 g/mol. The molecule has 2 heterocycles. The Morgan fingerprint density at radius 2 is 2.24 bits per heavy atom. The zero-order valence-corrected chi connectivity index (χ0v) is 11.3. The number of imidazole rings is 1. The van der Waals surface area contributed by atoms with Crippen molar-refractivity contribution in [1.29, 1.82) is 0 Å². The van der Waals surface area contributed by atoms with Gasteiger partial charge in [0.15, 0.2) is 0 Å². The highest BCUT2D eigenvalue weighted by molar-refractivity contribution is 7.15. The summed E-state index contributed by atoms with van der Waals surface area (Å²) in [7, 11) is 0. The first-order valence-electron chi connectivity index (χ1n) is 5.89. The summed E-state index contributed by atoms with van der Waals surface area (Å²) in [5, 5.41) is 4.44. The lowest BCUT2D eigenvalue weighted by Crippen LogP contribution is -2.21. The number of rotatable bonds is 5. The van der Waals surface area contributed by atoms with Gasteiger partial charge in [-0.25, -0.2) is 9.97 Å². The summed E-state index contributed by atoms with van der Waals surface area (Å²) in [5.41, 5.74) is 1.10. The van der Waals surface area contributed by atoms with Gasteiger partial charge >= 0.3 is 0 Å². The summed E-state index contributed by atoms with van der Waals surface area (Å²) < 4.78 is 2.11. The zero-order valence-electron chi connectivity index (χ0n) is 10.5. The Kier molecular flexibility index (Phi) is 3.91. The summed E-state index contributed by atoms with van der Waals surface area (Å²) in [5.74, 6) is 0. The van der Waals surface area contributed by atoms with Crippen LogP contribution in [0.2, 0.25) is 0 Å². The number of nitrogens with one attached hydrogen (secondary N) is 1. The number of hydrogen-bond donors (Lipinski definition) is 1. The smallest absolute Gasteiger partial charge is 0.141 e. The third-order valence-corrected chi connectivity index (χ3v) is 3.53. The van der Waals surface area contributed by atoms with E-state index in [9.17, 15) is 0 Å². The second-order valence-corrected chi connectivity index (χ2v) is 5.35. The normalized spacial score (nSPS) is 11.3. The van der Waals surface area contributed by atoms with Crippen molar-refractivity contribution in [2.75, 3.05) is 0 Å². The van der Waals surface area contributed by atoms with Crippen LogP contribution in [0.25, 0.3) is 10.7 Å². The van der Waals surface area contributed by atoms with Gasteiger partial charge in [-0.15, -0.1) is 11.3 Å². The molecule has 2 aromatic heterocycles. The van der Waals surface area contributed by atoms with Crippen LogP contribution in [0.5, 0.6) is 0 Å². The fourth-order valence-corrected chi connectivity index (χ4v) is 2.45. The van der Waals surface area contributed by atoms with Gasteiger partial charge in [0, 0.05) is 30.2 Å². The van der Waals surface area contributed by atoms with Gasteiger partial charge in [0.25, 0.3) is 0 Å². The second kappa shape index (κ2) is 5.42. The van der Waals surface area contributed by atoms with Gasteiger partial charge in [-0.05, 0) is 6.92 Å². The summed E-state index contributed by atoms with van der Waals surface area (Å²) in [6, 6.07) is 0.502. The van der Waals surface area contributed by atoms with Crippen molar-refractivity contribution in [2.45, 2.75) is 39.9 Å². The standard InChI is InChI=1S/C12H18N4S/c1-4-16-8-13-7-11(16)12-15-6-10(17-12)5-14-9(2)3/h6-9,14H,4-5H2,1-3H3. The lowest BCUT2D eigenvalue weighted by molar-refractivity contribution is 0.593. The van der Waals surface area contributed by atoms with E-state index in [1.807, 2.05) is 18.7 Å². The molecule has 1 N–H and O–H groups in total. The molecule has 17 heavy (non-hydrogen) atoms. The van der Waals surface area contributed by atoms with Gasteiger partial charge < -0.3 is 9.88 Å². The Balaban J connectivity index is 2.12. The lowest BCUT2D eigenvalue weighted by atomic mass is 10.4. The molecule has 92 valence electrons. The van der Waals surface area contributed by atoms with Crippen LogP contribution in [-0.4, -0.2) is 20.6 Å². The van der Waals surface area contributed by atoms with Crippen LogP contribution < -0.4 is 5.32 Å². The van der Waals surface area contributed by atoms with Gasteiger partial charge in [-0.3, -0.25) is 0 Å². The predicted molar refractivity (Wildman–Crippen MR) is 71.0 cm³/mol. The van der Waals surface area contributed by atoms with Crippen LogP contribution in [-0.2, 0) is 13.1 Å². The molecule has 5 heteroatoms. The van der Waals surface area contributed by atoms with E-state index in [-0.39, 0.29) is 0 Å². The van der Waals surface area contributed by atoms with E-state index in [1.165, 1.54) is 4.88 Å². The van der Waals surface area contributed by atoms with Gasteiger partial charge in [-0.1, -0.05) is 13.8 Å². The number of nitrogens with zero attached hydrogens (tertiary/aromatic N) is 3. The highest BCUT2D eigenvalue weighted by Crippen LogP contribution is 2.24. The van der Waals surface area contributed by atoms with Crippen molar-refractivity contribution in [3.05, 3.63) is 23.6 Å². The largest absolute Gasteiger partial charge is 0.329 e. The highest BCUT2D eigenvalue weighted by Gasteiger charge is 2.09. The molecule has 0 aliphatic heterocycles. The third kappa shape index (κ3) is 2.92. The van der Waals surface area contributed by atoms with E-state index >= 15 is 0 Å². The molecule has 0 unspecified atom stereocenters. The molecule has 0 fully saturated rings. The number of aromatic nitrogens is 3. The third-order valence-electron chi connectivity index (χ3n) is 2.51. The Labute approximate surface area is 106 Å². The van der Waals surface area contributed by atoms with E-state index in [0.717, 1.165) is 23.8 Å². The van der Waals surface area contributed by atoms with Gasteiger partial charge in [-0.2, -0.15) is 0 Å². The quantitative estimate of drug-likeness (QED) is 0.886. The Hall–Kier alpha value is -1.20. The fourth-order valence-electron chi connectivity index (χ4n) is 1.56. The van der Waals surface area contributed by atoms with Crippen LogP contribution in [0.4, 0.5) is 0 Å². The topological polar surface area (TPSA) is 42.7 Å². The maximum atomic E-state index is 4.46. The van der Waals surface area contributed by atoms with Crippen LogP contribution in [0.1, 0.15) is 25.6 Å². The second-order valence-electron chi connectivity index (χ2n) is 4.23. The first-order chi connectivity index (χ1) is 8.20. The fraction of sp³-hybridized carbons (Fsp3) is 0.500. The molecule has 2 rings (SSSR count). The van der Waals surface area contributed by atoms with Gasteiger partial charge in [0.2, 0.25) is 0 Å². The molecule has 0 amide bonds. The molecule has 0 aliphatic carbocycles. The number of aryl methyl sites for hydroxylation is 1. The minimum absolute atomic E-state index is 0.502. The molecule has 0 bridgehead atoms. The summed E-state index contributed by atoms with van der Waals surface area (Å²) in [4.78, 5) is 9.89. The maximum Gasteiger partial charge on any atom is 0.141 e. The first-order valence-corrected chi connectivity index (χ1v) is 6.71. The van der Waals surface area contributed by atoms with E-state index in [1.54, 1.807) is 11.3 Å². The molecule has 0 aromatic carbocycles. The van der Waals surface area contributed by atoms with E-state index in [2.05, 4.69) is 40.6 Å². The molecule has 0 aliphatic rings. The van der Waals surface area contributed by atoms with E-state index < -0.39 is 0 Å². The minimum Gasteiger partial charge on any atom is -0.329 e. The van der Waals surface area contributed by atoms with Gasteiger partial charge in [0.05, 0.1) is 18.2 Å². The Bertz CT molecular complexity index is 472. The number of hydrogen-bond acceptors (Lipinski definition) is 4. The first kappa shape index (κ1) is 12.3. The molecule has 4 nitrogen and oxygen atoms in total. The van der Waals surface area contributed by atoms with Gasteiger partial charge in [0.1, 0.15) is 5.01 Å². The molecular formula is C12H18N4S. The average Bonchev–Trinajstić information content (AvgIpc) is 2.94. The Morgan fingerprint density at radius 1 is 1.41 bits per heavy atom. The van der Waals surface area contributed by atoms with Crippen LogP contribution in [0.15, 0.2) is 18.7 Å².